The van der Waals surface area contributed by atoms with E-state index in [1.807, 2.05) is 4.90 Å². The molecule has 1 amide bonds. The third kappa shape index (κ3) is 4.28. The zero-order valence-corrected chi connectivity index (χ0v) is 16.9. The average molecular weight is 399 g/mol. The van der Waals surface area contributed by atoms with Gasteiger partial charge in [-0.3, -0.25) is 9.10 Å². The van der Waals surface area contributed by atoms with Gasteiger partial charge in [-0.1, -0.05) is 31.2 Å². The fourth-order valence-electron chi connectivity index (χ4n) is 3.51. The first-order valence-corrected chi connectivity index (χ1v) is 11.0. The van der Waals surface area contributed by atoms with Crippen molar-refractivity contribution in [2.75, 3.05) is 23.9 Å². The van der Waals surface area contributed by atoms with Crippen molar-refractivity contribution < 1.29 is 13.2 Å². The van der Waals surface area contributed by atoms with Crippen LogP contribution in [0.5, 0.6) is 0 Å². The van der Waals surface area contributed by atoms with Crippen molar-refractivity contribution in [3.05, 3.63) is 72.8 Å². The van der Waals surface area contributed by atoms with Crippen molar-refractivity contribution in [2.24, 2.45) is 5.92 Å². The maximum Gasteiger partial charge on any atom is 0.264 e. The van der Waals surface area contributed by atoms with Crippen LogP contribution in [0.25, 0.3) is 0 Å². The molecule has 0 spiro atoms. The molecule has 1 atom stereocenters. The summed E-state index contributed by atoms with van der Waals surface area (Å²) in [5.41, 5.74) is 1.08. The molecule has 0 N–H and O–H groups in total. The summed E-state index contributed by atoms with van der Waals surface area (Å²) in [6.07, 6.45) is 3.72. The van der Waals surface area contributed by atoms with E-state index in [4.69, 9.17) is 0 Å². The smallest absolute Gasteiger partial charge is 0.264 e. The van der Waals surface area contributed by atoms with E-state index in [9.17, 15) is 13.2 Å². The molecule has 148 valence electrons. The first-order valence-electron chi connectivity index (χ1n) is 9.51. The minimum absolute atomic E-state index is 0.000660. The Balaban J connectivity index is 1.85. The summed E-state index contributed by atoms with van der Waals surface area (Å²) in [7, 11) is -3.71. The predicted molar refractivity (Wildman–Crippen MR) is 112 cm³/mol. The van der Waals surface area contributed by atoms with E-state index in [-0.39, 0.29) is 17.3 Å². The fourth-order valence-corrected chi connectivity index (χ4v) is 4.96. The van der Waals surface area contributed by atoms with Crippen molar-refractivity contribution in [3.8, 4) is 0 Å². The number of carbonyl (C=O) groups is 1. The van der Waals surface area contributed by atoms with Gasteiger partial charge >= 0.3 is 0 Å². The van der Waals surface area contributed by atoms with Gasteiger partial charge < -0.3 is 4.90 Å². The van der Waals surface area contributed by atoms with E-state index in [0.29, 0.717) is 17.2 Å². The second kappa shape index (κ2) is 8.61. The molecular formula is C22H26N2O3S. The highest BCUT2D eigenvalue weighted by molar-refractivity contribution is 7.92. The normalized spacial score (nSPS) is 17.2. The predicted octanol–water partition coefficient (Wildman–Crippen LogP) is 3.94. The molecule has 0 saturated carbocycles. The third-order valence-corrected chi connectivity index (χ3v) is 6.78. The van der Waals surface area contributed by atoms with Crippen molar-refractivity contribution >= 4 is 21.6 Å². The molecule has 5 nitrogen and oxygen atoms in total. The monoisotopic (exact) mass is 398 g/mol. The number of carbonyl (C=O) groups excluding carboxylic acids is 1. The summed E-state index contributed by atoms with van der Waals surface area (Å²) in [4.78, 5) is 14.9. The minimum Gasteiger partial charge on any atom is -0.338 e. The number of hydrogen-bond donors (Lipinski definition) is 0. The van der Waals surface area contributed by atoms with Crippen LogP contribution < -0.4 is 4.31 Å². The number of rotatable bonds is 6. The highest BCUT2D eigenvalue weighted by atomic mass is 32.2. The number of amides is 1. The van der Waals surface area contributed by atoms with Crippen LogP contribution in [0, 0.1) is 5.92 Å². The van der Waals surface area contributed by atoms with E-state index < -0.39 is 10.0 Å². The zero-order chi connectivity index (χ0) is 20.1. The van der Waals surface area contributed by atoms with Crippen LogP contribution in [0.15, 0.2) is 72.1 Å². The van der Waals surface area contributed by atoms with E-state index in [1.165, 1.54) is 4.31 Å². The Kier molecular flexibility index (Phi) is 6.19. The first kappa shape index (κ1) is 20.1. The summed E-state index contributed by atoms with van der Waals surface area (Å²) >= 11 is 0. The fraction of sp³-hybridized carbons (Fsp3) is 0.318. The number of benzene rings is 2. The molecule has 0 radical (unpaired) electrons. The molecule has 2 aromatic carbocycles. The van der Waals surface area contributed by atoms with Gasteiger partial charge in [0.15, 0.2) is 0 Å². The van der Waals surface area contributed by atoms with Gasteiger partial charge in [0.05, 0.1) is 17.1 Å². The van der Waals surface area contributed by atoms with Crippen molar-refractivity contribution in [2.45, 2.75) is 24.7 Å². The first-order chi connectivity index (χ1) is 13.4. The van der Waals surface area contributed by atoms with Crippen LogP contribution in [-0.2, 0) is 10.0 Å². The van der Waals surface area contributed by atoms with Gasteiger partial charge in [-0.25, -0.2) is 8.42 Å². The molecule has 2 aromatic rings. The van der Waals surface area contributed by atoms with E-state index in [0.717, 1.165) is 25.9 Å². The summed E-state index contributed by atoms with van der Waals surface area (Å²) < 4.78 is 27.4. The summed E-state index contributed by atoms with van der Waals surface area (Å²) in [6, 6.07) is 15.1. The molecule has 1 fully saturated rings. The number of sulfonamides is 1. The Labute approximate surface area is 167 Å². The molecule has 3 rings (SSSR count). The quantitative estimate of drug-likeness (QED) is 0.693. The molecule has 1 aliphatic rings. The van der Waals surface area contributed by atoms with Gasteiger partial charge in [0.1, 0.15) is 0 Å². The summed E-state index contributed by atoms with van der Waals surface area (Å²) in [5.74, 6) is 0.510. The molecule has 28 heavy (non-hydrogen) atoms. The summed E-state index contributed by atoms with van der Waals surface area (Å²) in [5, 5.41) is 0. The van der Waals surface area contributed by atoms with Crippen molar-refractivity contribution in [3.63, 3.8) is 0 Å². The number of nitrogens with zero attached hydrogens (tertiary/aromatic N) is 2. The van der Waals surface area contributed by atoms with Gasteiger partial charge in [-0.05, 0) is 55.2 Å². The molecule has 1 heterocycles. The Morgan fingerprint density at radius 3 is 2.46 bits per heavy atom. The lowest BCUT2D eigenvalue weighted by Gasteiger charge is -2.31. The highest BCUT2D eigenvalue weighted by Crippen LogP contribution is 2.25. The molecule has 0 unspecified atom stereocenters. The SMILES string of the molecule is C=CCN(c1ccc(C(=O)N2CCC[C@H](C)C2)cc1)S(=O)(=O)c1ccccc1. The second-order valence-electron chi connectivity index (χ2n) is 7.18. The van der Waals surface area contributed by atoms with Crippen LogP contribution in [0.3, 0.4) is 0 Å². The Bertz CT molecular complexity index is 924. The highest BCUT2D eigenvalue weighted by Gasteiger charge is 2.25. The van der Waals surface area contributed by atoms with Gasteiger partial charge in [-0.2, -0.15) is 0 Å². The van der Waals surface area contributed by atoms with E-state index in [1.54, 1.807) is 60.7 Å². The Morgan fingerprint density at radius 2 is 1.86 bits per heavy atom. The van der Waals surface area contributed by atoms with Crippen molar-refractivity contribution in [1.29, 1.82) is 0 Å². The lowest BCUT2D eigenvalue weighted by Crippen LogP contribution is -2.39. The average Bonchev–Trinajstić information content (AvgIpc) is 2.72. The topological polar surface area (TPSA) is 57.7 Å². The van der Waals surface area contributed by atoms with E-state index >= 15 is 0 Å². The van der Waals surface area contributed by atoms with Crippen molar-refractivity contribution in [1.82, 2.24) is 4.90 Å². The third-order valence-electron chi connectivity index (χ3n) is 4.97. The van der Waals surface area contributed by atoms with Gasteiger partial charge in [0, 0.05) is 18.7 Å². The van der Waals surface area contributed by atoms with Crippen LogP contribution in [0.2, 0.25) is 0 Å². The maximum absolute atomic E-state index is 13.0. The van der Waals surface area contributed by atoms with E-state index in [2.05, 4.69) is 13.5 Å². The maximum atomic E-state index is 13.0. The Hall–Kier alpha value is -2.60. The largest absolute Gasteiger partial charge is 0.338 e. The van der Waals surface area contributed by atoms with Gasteiger partial charge in [0.2, 0.25) is 0 Å². The molecule has 0 aromatic heterocycles. The zero-order valence-electron chi connectivity index (χ0n) is 16.1. The standard InChI is InChI=1S/C22H26N2O3S/c1-3-15-24(28(26,27)21-9-5-4-6-10-21)20-13-11-19(12-14-20)22(25)23-16-7-8-18(2)17-23/h3-6,9-14,18H,1,7-8,15-17H2,2H3/t18-/m0/s1. The van der Waals surface area contributed by atoms with Crippen LogP contribution in [0.4, 0.5) is 5.69 Å². The number of anilines is 1. The molecule has 6 heteroatoms. The second-order valence-corrected chi connectivity index (χ2v) is 9.05. The van der Waals surface area contributed by atoms with Gasteiger partial charge in [-0.15, -0.1) is 6.58 Å². The lowest BCUT2D eigenvalue weighted by atomic mass is 9.99. The van der Waals surface area contributed by atoms with Crippen LogP contribution in [0.1, 0.15) is 30.1 Å². The number of hydrogen-bond acceptors (Lipinski definition) is 3. The lowest BCUT2D eigenvalue weighted by molar-refractivity contribution is 0.0683. The molecule has 0 aliphatic carbocycles. The Morgan fingerprint density at radius 1 is 1.18 bits per heavy atom. The molecule has 1 saturated heterocycles. The summed E-state index contributed by atoms with van der Waals surface area (Å²) in [6.45, 7) is 7.53. The molecular weight excluding hydrogens is 372 g/mol. The minimum atomic E-state index is -3.71. The van der Waals surface area contributed by atoms with Crippen LogP contribution in [-0.4, -0.2) is 38.9 Å². The van der Waals surface area contributed by atoms with Crippen LogP contribution >= 0.6 is 0 Å². The number of likely N-dealkylation sites (tertiary alicyclic amines) is 1. The molecule has 1 aliphatic heterocycles. The number of piperidine rings is 1. The molecule has 0 bridgehead atoms. The van der Waals surface area contributed by atoms with Gasteiger partial charge in [0.25, 0.3) is 15.9 Å².